The van der Waals surface area contributed by atoms with E-state index < -0.39 is 5.92 Å². The Morgan fingerprint density at radius 2 is 1.76 bits per heavy atom. The number of fused-ring (bicyclic) bond motifs is 1. The molecule has 3 atom stereocenters. The van der Waals surface area contributed by atoms with Crippen molar-refractivity contribution in [1.29, 1.82) is 0 Å². The Balaban J connectivity index is 1.24. The minimum Gasteiger partial charge on any atom is -0.370 e. The molecule has 0 spiro atoms. The zero-order chi connectivity index (χ0) is 23.9. The van der Waals surface area contributed by atoms with Crippen molar-refractivity contribution < 1.29 is 18.4 Å². The van der Waals surface area contributed by atoms with E-state index in [0.29, 0.717) is 44.3 Å². The highest BCUT2D eigenvalue weighted by molar-refractivity contribution is 6.00. The molecule has 2 aliphatic heterocycles. The molecule has 3 fully saturated rings. The average molecular weight is 475 g/mol. The van der Waals surface area contributed by atoms with E-state index in [9.17, 15) is 18.4 Å². The molecule has 4 aliphatic rings. The standard InChI is InChI=1S/C26H36F2N4O2/c1-31(22-5-3-2-4-21(22)29-19-10-12-26(27,28)13-11-19)20-7-6-17-15-32(16-18(17)14-20)23-8-9-24(33)30-25(23)34/h6-7,14,19,21-23,29H,2-5,8-13,15-16H2,1H3,(H,30,33,34). The molecule has 2 heterocycles. The number of imide groups is 1. The van der Waals surface area contributed by atoms with Crippen molar-refractivity contribution in [2.24, 2.45) is 0 Å². The zero-order valence-corrected chi connectivity index (χ0v) is 20.0. The number of halogens is 2. The normalized spacial score (nSPS) is 30.1. The molecule has 34 heavy (non-hydrogen) atoms. The fraction of sp³-hybridized carbons (Fsp3) is 0.692. The Hall–Kier alpha value is -2.06. The van der Waals surface area contributed by atoms with Gasteiger partial charge < -0.3 is 10.2 Å². The Morgan fingerprint density at radius 1 is 1.03 bits per heavy atom. The van der Waals surface area contributed by atoms with Gasteiger partial charge in [0.1, 0.15) is 0 Å². The summed E-state index contributed by atoms with van der Waals surface area (Å²) in [5, 5.41) is 6.22. The van der Waals surface area contributed by atoms with E-state index in [1.54, 1.807) is 0 Å². The molecule has 2 aliphatic carbocycles. The van der Waals surface area contributed by atoms with Gasteiger partial charge in [-0.25, -0.2) is 8.78 Å². The molecule has 1 saturated heterocycles. The molecule has 2 saturated carbocycles. The first-order valence-electron chi connectivity index (χ1n) is 12.9. The largest absolute Gasteiger partial charge is 0.370 e. The number of amides is 2. The summed E-state index contributed by atoms with van der Waals surface area (Å²) in [6.07, 6.45) is 6.59. The lowest BCUT2D eigenvalue weighted by atomic mass is 9.86. The minimum absolute atomic E-state index is 0.00755. The van der Waals surface area contributed by atoms with Crippen LogP contribution in [0.4, 0.5) is 14.5 Å². The summed E-state index contributed by atoms with van der Waals surface area (Å²) in [5.41, 5.74) is 3.64. The van der Waals surface area contributed by atoms with Crippen molar-refractivity contribution in [3.8, 4) is 0 Å². The third kappa shape index (κ3) is 4.98. The van der Waals surface area contributed by atoms with E-state index in [4.69, 9.17) is 0 Å². The van der Waals surface area contributed by atoms with E-state index in [-0.39, 0.29) is 36.7 Å². The molecule has 8 heteroatoms. The number of likely N-dealkylation sites (N-methyl/N-ethyl adjacent to an activating group) is 1. The number of carbonyl (C=O) groups excluding carboxylic acids is 2. The summed E-state index contributed by atoms with van der Waals surface area (Å²) in [4.78, 5) is 28.4. The number of hydrogen-bond donors (Lipinski definition) is 2. The summed E-state index contributed by atoms with van der Waals surface area (Å²) < 4.78 is 27.2. The van der Waals surface area contributed by atoms with Crippen LogP contribution in [0.3, 0.4) is 0 Å². The van der Waals surface area contributed by atoms with Crippen LogP contribution < -0.4 is 15.5 Å². The molecule has 2 N–H and O–H groups in total. The average Bonchev–Trinajstić information content (AvgIpc) is 3.23. The topological polar surface area (TPSA) is 64.7 Å². The van der Waals surface area contributed by atoms with Crippen LogP contribution >= 0.6 is 0 Å². The number of piperidine rings is 1. The number of nitrogens with zero attached hydrogens (tertiary/aromatic N) is 2. The fourth-order valence-electron chi connectivity index (χ4n) is 6.35. The highest BCUT2D eigenvalue weighted by Gasteiger charge is 2.38. The van der Waals surface area contributed by atoms with Crippen LogP contribution in [-0.2, 0) is 22.7 Å². The summed E-state index contributed by atoms with van der Waals surface area (Å²) >= 11 is 0. The Bertz CT molecular complexity index is 929. The predicted molar refractivity (Wildman–Crippen MR) is 127 cm³/mol. The monoisotopic (exact) mass is 474 g/mol. The Morgan fingerprint density at radius 3 is 2.53 bits per heavy atom. The van der Waals surface area contributed by atoms with Crippen LogP contribution in [0.1, 0.15) is 75.3 Å². The summed E-state index contributed by atoms with van der Waals surface area (Å²) in [5.74, 6) is -2.86. The van der Waals surface area contributed by atoms with Crippen LogP contribution in [0.2, 0.25) is 0 Å². The van der Waals surface area contributed by atoms with Crippen LogP contribution in [0.15, 0.2) is 18.2 Å². The van der Waals surface area contributed by atoms with Gasteiger partial charge >= 0.3 is 0 Å². The summed E-state index contributed by atoms with van der Waals surface area (Å²) in [7, 11) is 2.15. The second kappa shape index (κ2) is 9.53. The number of anilines is 1. The number of nitrogens with one attached hydrogen (secondary N) is 2. The molecule has 1 aromatic carbocycles. The first-order valence-corrected chi connectivity index (χ1v) is 12.9. The number of benzene rings is 1. The van der Waals surface area contributed by atoms with Gasteiger partial charge in [0, 0.05) is 63.2 Å². The first kappa shape index (κ1) is 23.7. The van der Waals surface area contributed by atoms with E-state index in [1.807, 2.05) is 0 Å². The van der Waals surface area contributed by atoms with Gasteiger partial charge in [-0.2, -0.15) is 0 Å². The van der Waals surface area contributed by atoms with Gasteiger partial charge in [-0.05, 0) is 55.4 Å². The molecule has 186 valence electrons. The molecule has 3 unspecified atom stereocenters. The number of alkyl halides is 2. The minimum atomic E-state index is -2.49. The van der Waals surface area contributed by atoms with E-state index >= 15 is 0 Å². The zero-order valence-electron chi connectivity index (χ0n) is 20.0. The molecule has 5 rings (SSSR count). The Labute approximate surface area is 200 Å². The molecule has 6 nitrogen and oxygen atoms in total. The molecule has 0 aromatic heterocycles. The van der Waals surface area contributed by atoms with Gasteiger partial charge in [-0.3, -0.25) is 19.8 Å². The van der Waals surface area contributed by atoms with Crippen molar-refractivity contribution in [2.45, 2.75) is 107 Å². The van der Waals surface area contributed by atoms with E-state index in [2.05, 4.69) is 45.7 Å². The van der Waals surface area contributed by atoms with Crippen LogP contribution in [0, 0.1) is 0 Å². The van der Waals surface area contributed by atoms with Crippen molar-refractivity contribution in [3.63, 3.8) is 0 Å². The lowest BCUT2D eigenvalue weighted by Gasteiger charge is -2.42. The van der Waals surface area contributed by atoms with E-state index in [1.165, 1.54) is 24.0 Å². The van der Waals surface area contributed by atoms with Crippen LogP contribution in [0.5, 0.6) is 0 Å². The fourth-order valence-corrected chi connectivity index (χ4v) is 6.35. The van der Waals surface area contributed by atoms with Gasteiger partial charge in [-0.15, -0.1) is 0 Å². The van der Waals surface area contributed by atoms with Crippen LogP contribution in [-0.4, -0.2) is 53.9 Å². The number of rotatable bonds is 5. The van der Waals surface area contributed by atoms with Gasteiger partial charge in [0.2, 0.25) is 17.7 Å². The maximum Gasteiger partial charge on any atom is 0.248 e. The number of carbonyl (C=O) groups is 2. The third-order valence-corrected chi connectivity index (χ3v) is 8.39. The second-order valence-corrected chi connectivity index (χ2v) is 10.7. The first-order chi connectivity index (χ1) is 16.3. The third-order valence-electron chi connectivity index (χ3n) is 8.39. The van der Waals surface area contributed by atoms with Gasteiger partial charge in [0.05, 0.1) is 6.04 Å². The van der Waals surface area contributed by atoms with Crippen molar-refractivity contribution in [2.75, 3.05) is 11.9 Å². The van der Waals surface area contributed by atoms with Gasteiger partial charge in [0.15, 0.2) is 0 Å². The molecule has 0 radical (unpaired) electrons. The van der Waals surface area contributed by atoms with Crippen molar-refractivity contribution >= 4 is 17.5 Å². The molecule has 0 bridgehead atoms. The quantitative estimate of drug-likeness (QED) is 0.637. The smallest absolute Gasteiger partial charge is 0.248 e. The summed E-state index contributed by atoms with van der Waals surface area (Å²) in [6.45, 7) is 1.44. The van der Waals surface area contributed by atoms with Crippen molar-refractivity contribution in [3.05, 3.63) is 29.3 Å². The lowest BCUT2D eigenvalue weighted by Crippen LogP contribution is -2.54. The summed E-state index contributed by atoms with van der Waals surface area (Å²) in [6, 6.07) is 7.15. The molecular weight excluding hydrogens is 438 g/mol. The highest BCUT2D eigenvalue weighted by Crippen LogP contribution is 2.36. The molecule has 1 aromatic rings. The highest BCUT2D eigenvalue weighted by atomic mass is 19.3. The van der Waals surface area contributed by atoms with Gasteiger partial charge in [0.25, 0.3) is 0 Å². The van der Waals surface area contributed by atoms with Gasteiger partial charge in [-0.1, -0.05) is 18.9 Å². The molecule has 2 amide bonds. The second-order valence-electron chi connectivity index (χ2n) is 10.7. The Kier molecular flexibility index (Phi) is 6.64. The lowest BCUT2D eigenvalue weighted by molar-refractivity contribution is -0.137. The van der Waals surface area contributed by atoms with Crippen molar-refractivity contribution in [1.82, 2.24) is 15.5 Å². The maximum atomic E-state index is 13.6. The number of hydrogen-bond acceptors (Lipinski definition) is 5. The SMILES string of the molecule is CN(c1ccc2c(c1)CN(C1CCC(=O)NC1=O)C2)C1CCCCC1NC1CCC(F)(F)CC1. The molecular formula is C26H36F2N4O2. The van der Waals surface area contributed by atoms with Crippen LogP contribution in [0.25, 0.3) is 0 Å². The van der Waals surface area contributed by atoms with E-state index in [0.717, 1.165) is 25.1 Å². The maximum absolute atomic E-state index is 13.6. The predicted octanol–water partition coefficient (Wildman–Crippen LogP) is 3.72.